The number of benzene rings is 2. The Bertz CT molecular complexity index is 1440. The second-order valence-electron chi connectivity index (χ2n) is 9.76. The van der Waals surface area contributed by atoms with E-state index in [1.165, 1.54) is 43.8 Å². The van der Waals surface area contributed by atoms with Crippen molar-refractivity contribution in [3.05, 3.63) is 47.0 Å². The first-order valence-electron chi connectivity index (χ1n) is 12.6. The number of ether oxygens (including phenoxy) is 2. The maximum Gasteiger partial charge on any atom is 0.253 e. The molecule has 1 atom stereocenters. The van der Waals surface area contributed by atoms with Crippen molar-refractivity contribution in [3.8, 4) is 11.5 Å². The molecule has 3 aliphatic rings. The number of carbonyl (C=O) groups is 1. The topological polar surface area (TPSA) is 114 Å². The molecule has 1 amide bonds. The van der Waals surface area contributed by atoms with Gasteiger partial charge in [-0.05, 0) is 49.1 Å². The molecular formula is C25H30ClN3O7S2. The van der Waals surface area contributed by atoms with Crippen LogP contribution in [0.2, 0.25) is 5.02 Å². The highest BCUT2D eigenvalue weighted by atomic mass is 35.5. The van der Waals surface area contributed by atoms with Gasteiger partial charge in [0.15, 0.2) is 11.5 Å². The Morgan fingerprint density at radius 3 is 2.29 bits per heavy atom. The van der Waals surface area contributed by atoms with Crippen molar-refractivity contribution >= 4 is 37.6 Å². The van der Waals surface area contributed by atoms with E-state index in [0.29, 0.717) is 37.8 Å². The van der Waals surface area contributed by atoms with Crippen molar-refractivity contribution in [1.29, 1.82) is 0 Å². The summed E-state index contributed by atoms with van der Waals surface area (Å²) in [4.78, 5) is 14.8. The summed E-state index contributed by atoms with van der Waals surface area (Å²) in [5.41, 5.74) is 0.196. The normalized spacial score (nSPS) is 21.3. The summed E-state index contributed by atoms with van der Waals surface area (Å²) < 4.78 is 66.8. The fourth-order valence-corrected chi connectivity index (χ4v) is 8.52. The molecule has 3 aliphatic heterocycles. The molecule has 5 rings (SSSR count). The zero-order valence-corrected chi connectivity index (χ0v) is 23.4. The van der Waals surface area contributed by atoms with Crippen molar-refractivity contribution < 1.29 is 31.1 Å². The van der Waals surface area contributed by atoms with E-state index in [0.717, 1.165) is 12.8 Å². The smallest absolute Gasteiger partial charge is 0.253 e. The molecule has 0 aliphatic carbocycles. The molecular weight excluding hydrogens is 554 g/mol. The first-order chi connectivity index (χ1) is 18.1. The van der Waals surface area contributed by atoms with E-state index in [1.807, 2.05) is 6.92 Å². The Labute approximate surface area is 228 Å². The molecule has 0 aromatic heterocycles. The number of carbonyl (C=O) groups excluding carboxylic acids is 1. The lowest BCUT2D eigenvalue weighted by Crippen LogP contribution is -2.50. The Morgan fingerprint density at radius 2 is 1.58 bits per heavy atom. The minimum absolute atomic E-state index is 0.0649. The number of nitrogens with zero attached hydrogens (tertiary/aromatic N) is 3. The third-order valence-corrected chi connectivity index (χ3v) is 11.3. The molecule has 10 nitrogen and oxygen atoms in total. The quantitative estimate of drug-likeness (QED) is 0.532. The molecule has 0 N–H and O–H groups in total. The van der Waals surface area contributed by atoms with Gasteiger partial charge in [-0.2, -0.15) is 8.61 Å². The fourth-order valence-electron chi connectivity index (χ4n) is 4.99. The summed E-state index contributed by atoms with van der Waals surface area (Å²) in [6.07, 6.45) is 1.74. The van der Waals surface area contributed by atoms with Crippen LogP contribution >= 0.6 is 11.6 Å². The van der Waals surface area contributed by atoms with Crippen molar-refractivity contribution in [1.82, 2.24) is 13.5 Å². The van der Waals surface area contributed by atoms with E-state index >= 15 is 0 Å². The molecule has 3 heterocycles. The van der Waals surface area contributed by atoms with E-state index in [4.69, 9.17) is 21.1 Å². The van der Waals surface area contributed by atoms with Gasteiger partial charge in [0, 0.05) is 50.9 Å². The lowest BCUT2D eigenvalue weighted by Gasteiger charge is -2.34. The minimum atomic E-state index is -3.85. The first kappa shape index (κ1) is 27.2. The molecule has 2 fully saturated rings. The Kier molecular flexibility index (Phi) is 7.62. The number of rotatable bonds is 5. The lowest BCUT2D eigenvalue weighted by atomic mass is 10.0. The summed E-state index contributed by atoms with van der Waals surface area (Å²) in [7, 11) is -7.65. The molecule has 13 heteroatoms. The number of hydrogen-bond acceptors (Lipinski definition) is 7. The minimum Gasteiger partial charge on any atom is -0.486 e. The van der Waals surface area contributed by atoms with E-state index in [1.54, 1.807) is 6.07 Å². The predicted octanol–water partition coefficient (Wildman–Crippen LogP) is 2.68. The summed E-state index contributed by atoms with van der Waals surface area (Å²) in [5, 5.41) is 0.0649. The first-order valence-corrected chi connectivity index (χ1v) is 15.8. The third kappa shape index (κ3) is 5.24. The second kappa shape index (κ2) is 10.6. The molecule has 2 aromatic rings. The van der Waals surface area contributed by atoms with Crippen LogP contribution in [0.1, 0.15) is 30.1 Å². The number of hydrogen-bond donors (Lipinski definition) is 0. The van der Waals surface area contributed by atoms with Crippen LogP contribution in [0.15, 0.2) is 46.2 Å². The number of piperidine rings is 1. The molecule has 0 saturated carbocycles. The Balaban J connectivity index is 1.29. The van der Waals surface area contributed by atoms with Gasteiger partial charge in [0.1, 0.15) is 18.1 Å². The van der Waals surface area contributed by atoms with Crippen molar-refractivity contribution in [2.24, 2.45) is 5.92 Å². The van der Waals surface area contributed by atoms with Gasteiger partial charge in [-0.1, -0.05) is 18.5 Å². The van der Waals surface area contributed by atoms with Gasteiger partial charge in [-0.15, -0.1) is 0 Å². The Hall–Kier alpha value is -2.38. The van der Waals surface area contributed by atoms with Gasteiger partial charge < -0.3 is 14.4 Å². The van der Waals surface area contributed by atoms with Crippen LogP contribution in [0.5, 0.6) is 11.5 Å². The van der Waals surface area contributed by atoms with E-state index < -0.39 is 20.0 Å². The number of fused-ring (bicyclic) bond motifs is 1. The second-order valence-corrected chi connectivity index (χ2v) is 14.0. The van der Waals surface area contributed by atoms with Gasteiger partial charge in [0.05, 0.1) is 9.92 Å². The van der Waals surface area contributed by atoms with Crippen molar-refractivity contribution in [2.45, 2.75) is 29.6 Å². The standard InChI is InChI=1S/C25H30ClN3O7S2/c1-18-3-2-8-29(17-18)38(33,34)24-15-19(4-6-21(24)26)25(30)27-9-11-28(12-10-27)37(31,32)20-5-7-22-23(16-20)36-14-13-35-22/h4-7,15-16,18H,2-3,8-14,17H2,1H3/t18-/m0/s1. The summed E-state index contributed by atoms with van der Waals surface area (Å²) >= 11 is 6.28. The number of amides is 1. The molecule has 0 bridgehead atoms. The van der Waals surface area contributed by atoms with Gasteiger partial charge in [0.25, 0.3) is 5.91 Å². The molecule has 38 heavy (non-hydrogen) atoms. The highest BCUT2D eigenvalue weighted by Crippen LogP contribution is 2.34. The average molecular weight is 584 g/mol. The molecule has 206 valence electrons. The molecule has 0 spiro atoms. The maximum absolute atomic E-state index is 13.3. The van der Waals surface area contributed by atoms with Crippen LogP contribution in [0.4, 0.5) is 0 Å². The van der Waals surface area contributed by atoms with Crippen LogP contribution in [0, 0.1) is 5.92 Å². The maximum atomic E-state index is 13.3. The molecule has 0 unspecified atom stereocenters. The Morgan fingerprint density at radius 1 is 0.868 bits per heavy atom. The highest BCUT2D eigenvalue weighted by Gasteiger charge is 2.34. The molecule has 2 saturated heterocycles. The van der Waals surface area contributed by atoms with Crippen LogP contribution < -0.4 is 9.47 Å². The fraction of sp³-hybridized carbons (Fsp3) is 0.480. The van der Waals surface area contributed by atoms with E-state index in [-0.39, 0.29) is 58.4 Å². The number of sulfonamides is 2. The van der Waals surface area contributed by atoms with Crippen LogP contribution in [-0.2, 0) is 20.0 Å². The number of halogens is 1. The summed E-state index contributed by atoms with van der Waals surface area (Å²) in [6.45, 7) is 4.14. The highest BCUT2D eigenvalue weighted by molar-refractivity contribution is 7.89. The summed E-state index contributed by atoms with van der Waals surface area (Å²) in [5.74, 6) is 0.766. The van der Waals surface area contributed by atoms with Gasteiger partial charge in [-0.3, -0.25) is 4.79 Å². The zero-order chi connectivity index (χ0) is 27.1. The van der Waals surface area contributed by atoms with E-state index in [2.05, 4.69) is 0 Å². The van der Waals surface area contributed by atoms with Gasteiger partial charge in [0.2, 0.25) is 20.0 Å². The van der Waals surface area contributed by atoms with Crippen LogP contribution in [0.3, 0.4) is 0 Å². The van der Waals surface area contributed by atoms with Gasteiger partial charge in [-0.25, -0.2) is 16.8 Å². The monoisotopic (exact) mass is 583 g/mol. The molecule has 2 aromatic carbocycles. The van der Waals surface area contributed by atoms with Crippen molar-refractivity contribution in [3.63, 3.8) is 0 Å². The zero-order valence-electron chi connectivity index (χ0n) is 21.0. The van der Waals surface area contributed by atoms with E-state index in [9.17, 15) is 21.6 Å². The van der Waals surface area contributed by atoms with Crippen molar-refractivity contribution in [2.75, 3.05) is 52.5 Å². The summed E-state index contributed by atoms with van der Waals surface area (Å²) in [6, 6.07) is 8.78. The number of piperazine rings is 1. The third-order valence-electron chi connectivity index (χ3n) is 7.09. The van der Waals surface area contributed by atoms with Gasteiger partial charge >= 0.3 is 0 Å². The SMILES string of the molecule is C[C@H]1CCCN(S(=O)(=O)c2cc(C(=O)N3CCN(S(=O)(=O)c4ccc5c(c4)OCCO5)CC3)ccc2Cl)C1. The average Bonchev–Trinajstić information content (AvgIpc) is 2.92. The van der Waals surface area contributed by atoms with Crippen LogP contribution in [-0.4, -0.2) is 88.7 Å². The van der Waals surface area contributed by atoms with Crippen LogP contribution in [0.25, 0.3) is 0 Å². The predicted molar refractivity (Wildman–Crippen MR) is 141 cm³/mol. The molecule has 0 radical (unpaired) electrons. The lowest BCUT2D eigenvalue weighted by molar-refractivity contribution is 0.0697. The largest absolute Gasteiger partial charge is 0.486 e.